The molecule has 1 saturated heterocycles. The maximum absolute atomic E-state index is 13.0. The van der Waals surface area contributed by atoms with Crippen molar-refractivity contribution in [3.63, 3.8) is 0 Å². The number of sulfonamides is 2. The maximum atomic E-state index is 13.0. The highest BCUT2D eigenvalue weighted by atomic mass is 35.5. The summed E-state index contributed by atoms with van der Waals surface area (Å²) in [5.74, 6) is -0.397. The maximum Gasteiger partial charge on any atom is 0.243 e. The van der Waals surface area contributed by atoms with Crippen LogP contribution in [0, 0.1) is 0 Å². The highest BCUT2D eigenvalue weighted by molar-refractivity contribution is 7.89. The lowest BCUT2D eigenvalue weighted by Crippen LogP contribution is -2.43. The number of halogens is 1. The van der Waals surface area contributed by atoms with Crippen molar-refractivity contribution in [2.45, 2.75) is 54.9 Å². The van der Waals surface area contributed by atoms with Gasteiger partial charge in [-0.05, 0) is 67.8 Å². The van der Waals surface area contributed by atoms with E-state index >= 15 is 0 Å². The second-order valence-corrected chi connectivity index (χ2v) is 11.9. The van der Waals surface area contributed by atoms with Crippen LogP contribution in [-0.4, -0.2) is 46.2 Å². The van der Waals surface area contributed by atoms with Crippen molar-refractivity contribution in [3.8, 4) is 0 Å². The first kappa shape index (κ1) is 25.6. The Balaban J connectivity index is 1.55. The van der Waals surface area contributed by atoms with Crippen LogP contribution in [0.25, 0.3) is 0 Å². The molecule has 180 valence electrons. The number of anilines is 1. The minimum atomic E-state index is -3.75. The van der Waals surface area contributed by atoms with Crippen molar-refractivity contribution >= 4 is 43.2 Å². The van der Waals surface area contributed by atoms with E-state index in [1.165, 1.54) is 48.5 Å². The molecule has 1 amide bonds. The minimum absolute atomic E-state index is 0.0137. The number of rotatable bonds is 9. The Labute approximate surface area is 200 Å². The van der Waals surface area contributed by atoms with E-state index in [0.717, 1.165) is 25.7 Å². The zero-order valence-corrected chi connectivity index (χ0v) is 20.7. The van der Waals surface area contributed by atoms with Crippen LogP contribution < -0.4 is 10.0 Å². The predicted molar refractivity (Wildman–Crippen MR) is 128 cm³/mol. The van der Waals surface area contributed by atoms with Crippen molar-refractivity contribution < 1.29 is 21.6 Å². The topological polar surface area (TPSA) is 113 Å². The molecule has 2 N–H and O–H groups in total. The van der Waals surface area contributed by atoms with Gasteiger partial charge in [-0.1, -0.05) is 24.9 Å². The molecule has 0 spiro atoms. The van der Waals surface area contributed by atoms with Gasteiger partial charge in [0, 0.05) is 36.3 Å². The van der Waals surface area contributed by atoms with Crippen LogP contribution in [0.3, 0.4) is 0 Å². The number of hydrogen-bond donors (Lipinski definition) is 2. The van der Waals surface area contributed by atoms with Crippen LogP contribution >= 0.6 is 11.6 Å². The van der Waals surface area contributed by atoms with E-state index in [1.807, 2.05) is 6.92 Å². The van der Waals surface area contributed by atoms with E-state index in [4.69, 9.17) is 11.6 Å². The van der Waals surface area contributed by atoms with Crippen LogP contribution in [-0.2, 0) is 24.8 Å². The molecule has 0 saturated carbocycles. The van der Waals surface area contributed by atoms with E-state index in [-0.39, 0.29) is 28.8 Å². The molecular formula is C22H28ClN3O5S2. The standard InChI is InChI=1S/C22H28ClN3O5S2/c1-2-19-5-3-4-16-26(19)33(30,31)21-12-8-18(9-13-21)25-22(27)14-15-24-32(28,29)20-10-6-17(23)7-11-20/h6-13,19,24H,2-5,14-16H2,1H3,(H,25,27). The third-order valence-electron chi connectivity index (χ3n) is 5.56. The minimum Gasteiger partial charge on any atom is -0.326 e. The van der Waals surface area contributed by atoms with Crippen LogP contribution in [0.5, 0.6) is 0 Å². The van der Waals surface area contributed by atoms with Crippen LogP contribution in [0.4, 0.5) is 5.69 Å². The summed E-state index contributed by atoms with van der Waals surface area (Å²) in [6.45, 7) is 2.43. The lowest BCUT2D eigenvalue weighted by molar-refractivity contribution is -0.116. The Bertz CT molecular complexity index is 1170. The summed E-state index contributed by atoms with van der Waals surface area (Å²) in [6.07, 6.45) is 3.44. The number of piperidine rings is 1. The molecule has 3 rings (SSSR count). The van der Waals surface area contributed by atoms with Gasteiger partial charge in [0.2, 0.25) is 26.0 Å². The van der Waals surface area contributed by atoms with Gasteiger partial charge in [-0.2, -0.15) is 4.31 Å². The van der Waals surface area contributed by atoms with Gasteiger partial charge in [0.15, 0.2) is 0 Å². The van der Waals surface area contributed by atoms with Crippen molar-refractivity contribution in [3.05, 3.63) is 53.6 Å². The van der Waals surface area contributed by atoms with E-state index in [0.29, 0.717) is 17.3 Å². The second-order valence-electron chi connectivity index (χ2n) is 7.85. The molecule has 33 heavy (non-hydrogen) atoms. The summed E-state index contributed by atoms with van der Waals surface area (Å²) in [6, 6.07) is 11.8. The molecule has 1 aliphatic heterocycles. The first-order chi connectivity index (χ1) is 15.6. The SMILES string of the molecule is CCC1CCCCN1S(=O)(=O)c1ccc(NC(=O)CCNS(=O)(=O)c2ccc(Cl)cc2)cc1. The quantitative estimate of drug-likeness (QED) is 0.532. The third-order valence-corrected chi connectivity index (χ3v) is 9.25. The van der Waals surface area contributed by atoms with Gasteiger partial charge in [0.1, 0.15) is 0 Å². The summed E-state index contributed by atoms with van der Waals surface area (Å²) < 4.78 is 54.5. The number of nitrogens with zero attached hydrogens (tertiary/aromatic N) is 1. The van der Waals surface area contributed by atoms with Gasteiger partial charge < -0.3 is 5.32 Å². The number of hydrogen-bond acceptors (Lipinski definition) is 5. The van der Waals surface area contributed by atoms with E-state index in [9.17, 15) is 21.6 Å². The van der Waals surface area contributed by atoms with E-state index in [1.54, 1.807) is 4.31 Å². The Hall–Kier alpha value is -1.98. The number of nitrogens with one attached hydrogen (secondary N) is 2. The molecule has 1 fully saturated rings. The van der Waals surface area contributed by atoms with Crippen molar-refractivity contribution in [1.29, 1.82) is 0 Å². The average molecular weight is 514 g/mol. The summed E-state index contributed by atoms with van der Waals surface area (Å²) >= 11 is 5.77. The first-order valence-corrected chi connectivity index (χ1v) is 14.1. The van der Waals surface area contributed by atoms with Gasteiger partial charge in [0.05, 0.1) is 9.79 Å². The van der Waals surface area contributed by atoms with Crippen LogP contribution in [0.1, 0.15) is 39.0 Å². The molecule has 1 atom stereocenters. The molecule has 2 aromatic carbocycles. The van der Waals surface area contributed by atoms with Gasteiger partial charge in [-0.15, -0.1) is 0 Å². The van der Waals surface area contributed by atoms with Gasteiger partial charge in [-0.3, -0.25) is 4.79 Å². The van der Waals surface area contributed by atoms with Crippen molar-refractivity contribution in [2.75, 3.05) is 18.4 Å². The van der Waals surface area contributed by atoms with Crippen molar-refractivity contribution in [2.24, 2.45) is 0 Å². The molecular weight excluding hydrogens is 486 g/mol. The average Bonchev–Trinajstić information content (AvgIpc) is 2.79. The van der Waals surface area contributed by atoms with Crippen LogP contribution in [0.15, 0.2) is 58.3 Å². The molecule has 11 heteroatoms. The molecule has 1 heterocycles. The predicted octanol–water partition coefficient (Wildman–Crippen LogP) is 3.60. The zero-order valence-electron chi connectivity index (χ0n) is 18.3. The number of carbonyl (C=O) groups is 1. The summed E-state index contributed by atoms with van der Waals surface area (Å²) in [4.78, 5) is 12.5. The van der Waals surface area contributed by atoms with E-state index in [2.05, 4.69) is 10.0 Å². The third kappa shape index (κ3) is 6.54. The fourth-order valence-electron chi connectivity index (χ4n) is 3.76. The Morgan fingerprint density at radius 3 is 2.27 bits per heavy atom. The molecule has 0 bridgehead atoms. The fraction of sp³-hybridized carbons (Fsp3) is 0.409. The Morgan fingerprint density at radius 2 is 1.64 bits per heavy atom. The number of benzene rings is 2. The van der Waals surface area contributed by atoms with Crippen LogP contribution in [0.2, 0.25) is 5.02 Å². The number of carbonyl (C=O) groups excluding carboxylic acids is 1. The normalized spacial score (nSPS) is 17.6. The first-order valence-electron chi connectivity index (χ1n) is 10.8. The lowest BCUT2D eigenvalue weighted by Gasteiger charge is -2.34. The molecule has 1 aliphatic rings. The molecule has 2 aromatic rings. The largest absolute Gasteiger partial charge is 0.326 e. The van der Waals surface area contributed by atoms with Gasteiger partial charge in [-0.25, -0.2) is 21.6 Å². The smallest absolute Gasteiger partial charge is 0.243 e. The highest BCUT2D eigenvalue weighted by Crippen LogP contribution is 2.27. The summed E-state index contributed by atoms with van der Waals surface area (Å²) in [5, 5.41) is 3.08. The molecule has 0 aromatic heterocycles. The molecule has 0 aliphatic carbocycles. The van der Waals surface area contributed by atoms with Gasteiger partial charge >= 0.3 is 0 Å². The highest BCUT2D eigenvalue weighted by Gasteiger charge is 2.32. The molecule has 1 unspecified atom stereocenters. The molecule has 0 radical (unpaired) electrons. The molecule has 8 nitrogen and oxygen atoms in total. The second kappa shape index (κ2) is 11.0. The Morgan fingerprint density at radius 1 is 1.00 bits per heavy atom. The van der Waals surface area contributed by atoms with Crippen molar-refractivity contribution in [1.82, 2.24) is 9.03 Å². The zero-order chi connectivity index (χ0) is 24.1. The Kier molecular flexibility index (Phi) is 8.52. The monoisotopic (exact) mass is 513 g/mol. The lowest BCUT2D eigenvalue weighted by atomic mass is 10.0. The fourth-order valence-corrected chi connectivity index (χ4v) is 6.69. The number of amides is 1. The summed E-state index contributed by atoms with van der Waals surface area (Å²) in [7, 11) is -7.34. The summed E-state index contributed by atoms with van der Waals surface area (Å²) in [5.41, 5.74) is 0.435. The van der Waals surface area contributed by atoms with E-state index < -0.39 is 26.0 Å². The van der Waals surface area contributed by atoms with Gasteiger partial charge in [0.25, 0.3) is 0 Å².